The van der Waals surface area contributed by atoms with Crippen molar-refractivity contribution >= 4 is 49.9 Å². The molecule has 0 radical (unpaired) electrons. The van der Waals surface area contributed by atoms with Crippen LogP contribution in [0.3, 0.4) is 0 Å². The van der Waals surface area contributed by atoms with E-state index < -0.39 is 9.84 Å². The first-order valence-electron chi connectivity index (χ1n) is 5.93. The Labute approximate surface area is 120 Å². The molecule has 1 saturated heterocycles. The molecule has 0 aliphatic carbocycles. The molecule has 0 unspecified atom stereocenters. The molecule has 102 valence electrons. The second-order valence-corrected chi connectivity index (χ2v) is 7.86. The van der Waals surface area contributed by atoms with Crippen LogP contribution in [0, 0.1) is 0 Å². The predicted octanol–water partition coefficient (Wildman–Crippen LogP) is 2.33. The Kier molecular flexibility index (Phi) is 3.36. The van der Waals surface area contributed by atoms with Gasteiger partial charge in [0.25, 0.3) is 0 Å². The van der Waals surface area contributed by atoms with Crippen LogP contribution in [0.15, 0.2) is 12.1 Å². The lowest BCUT2D eigenvalue weighted by atomic mass is 10.1. The van der Waals surface area contributed by atoms with E-state index >= 15 is 0 Å². The average Bonchev–Trinajstić information content (AvgIpc) is 2.83. The van der Waals surface area contributed by atoms with Gasteiger partial charge in [-0.3, -0.25) is 0 Å². The number of halogens is 1. The number of benzene rings is 1. The third-order valence-electron chi connectivity index (χ3n) is 3.28. The maximum atomic E-state index is 11.4. The molecular formula is C11H12ClN3O2S2. The summed E-state index contributed by atoms with van der Waals surface area (Å²) in [5.41, 5.74) is 2.32. The molecule has 1 fully saturated rings. The van der Waals surface area contributed by atoms with Gasteiger partial charge in [0.05, 0.1) is 33.9 Å². The normalized spacial score (nSPS) is 19.6. The molecule has 8 heteroatoms. The van der Waals surface area contributed by atoms with Crippen molar-refractivity contribution in [1.82, 2.24) is 8.75 Å². The summed E-state index contributed by atoms with van der Waals surface area (Å²) in [6, 6.07) is 3.73. The van der Waals surface area contributed by atoms with Crippen LogP contribution in [-0.2, 0) is 9.84 Å². The van der Waals surface area contributed by atoms with E-state index in [-0.39, 0.29) is 17.5 Å². The highest BCUT2D eigenvalue weighted by molar-refractivity contribution is 7.91. The lowest BCUT2D eigenvalue weighted by Gasteiger charge is -2.24. The van der Waals surface area contributed by atoms with Crippen molar-refractivity contribution in [2.75, 3.05) is 16.8 Å². The Morgan fingerprint density at radius 1 is 1.26 bits per heavy atom. The summed E-state index contributed by atoms with van der Waals surface area (Å²) < 4.78 is 31.2. The van der Waals surface area contributed by atoms with Crippen molar-refractivity contribution in [2.45, 2.75) is 18.9 Å². The topological polar surface area (TPSA) is 72.0 Å². The van der Waals surface area contributed by atoms with E-state index in [9.17, 15) is 8.42 Å². The molecule has 0 spiro atoms. The third kappa shape index (κ3) is 2.68. The molecule has 1 aliphatic rings. The lowest BCUT2D eigenvalue weighted by Crippen LogP contribution is -2.32. The first kappa shape index (κ1) is 13.1. The Morgan fingerprint density at radius 2 is 2.00 bits per heavy atom. The zero-order chi connectivity index (χ0) is 13.5. The summed E-state index contributed by atoms with van der Waals surface area (Å²) in [7, 11) is -2.85. The Balaban J connectivity index is 1.86. The minimum atomic E-state index is -2.85. The van der Waals surface area contributed by atoms with Crippen molar-refractivity contribution in [3.63, 3.8) is 0 Å². The highest BCUT2D eigenvalue weighted by Crippen LogP contribution is 2.31. The third-order valence-corrected chi connectivity index (χ3v) is 5.85. The van der Waals surface area contributed by atoms with Crippen LogP contribution in [0.1, 0.15) is 12.8 Å². The van der Waals surface area contributed by atoms with Crippen molar-refractivity contribution < 1.29 is 8.42 Å². The van der Waals surface area contributed by atoms with Crippen molar-refractivity contribution in [2.24, 2.45) is 0 Å². The van der Waals surface area contributed by atoms with E-state index in [2.05, 4.69) is 14.1 Å². The second kappa shape index (κ2) is 4.88. The van der Waals surface area contributed by atoms with Gasteiger partial charge in [-0.05, 0) is 25.0 Å². The molecular weight excluding hydrogens is 306 g/mol. The van der Waals surface area contributed by atoms with Gasteiger partial charge < -0.3 is 5.32 Å². The molecule has 2 aromatic rings. The standard InChI is InChI=1S/C11H12ClN3O2S2/c12-8-1-2-9-11(15-18-14-9)10(8)13-7-3-5-19(16,17)6-4-7/h1-2,7,13H,3-6H2. The van der Waals surface area contributed by atoms with E-state index in [1.807, 2.05) is 6.07 Å². The monoisotopic (exact) mass is 317 g/mol. The number of hydrogen-bond donors (Lipinski definition) is 1. The largest absolute Gasteiger partial charge is 0.379 e. The number of aromatic nitrogens is 2. The first-order valence-corrected chi connectivity index (χ1v) is 8.86. The van der Waals surface area contributed by atoms with Crippen LogP contribution >= 0.6 is 23.3 Å². The van der Waals surface area contributed by atoms with E-state index in [4.69, 9.17) is 11.6 Å². The van der Waals surface area contributed by atoms with Crippen molar-refractivity contribution in [1.29, 1.82) is 0 Å². The molecule has 0 saturated carbocycles. The Morgan fingerprint density at radius 3 is 2.74 bits per heavy atom. The van der Waals surface area contributed by atoms with Crippen LogP contribution in [-0.4, -0.2) is 34.7 Å². The molecule has 0 bridgehead atoms. The van der Waals surface area contributed by atoms with Crippen molar-refractivity contribution in [3.05, 3.63) is 17.2 Å². The van der Waals surface area contributed by atoms with Crippen LogP contribution < -0.4 is 5.32 Å². The Bertz CT molecular complexity index is 700. The molecule has 1 aromatic carbocycles. The number of fused-ring (bicyclic) bond motifs is 1. The number of hydrogen-bond acceptors (Lipinski definition) is 6. The zero-order valence-electron chi connectivity index (χ0n) is 9.97. The molecule has 19 heavy (non-hydrogen) atoms. The average molecular weight is 318 g/mol. The number of nitrogens with zero attached hydrogens (tertiary/aromatic N) is 2. The highest BCUT2D eigenvalue weighted by Gasteiger charge is 2.24. The SMILES string of the molecule is O=S1(=O)CCC(Nc2c(Cl)ccc3nsnc23)CC1. The van der Waals surface area contributed by atoms with Gasteiger partial charge in [-0.1, -0.05) is 11.6 Å². The Hall–Kier alpha value is -0.920. The van der Waals surface area contributed by atoms with Crippen LogP contribution in [0.25, 0.3) is 11.0 Å². The van der Waals surface area contributed by atoms with Gasteiger partial charge in [-0.25, -0.2) is 8.42 Å². The van der Waals surface area contributed by atoms with Crippen molar-refractivity contribution in [3.8, 4) is 0 Å². The summed E-state index contributed by atoms with van der Waals surface area (Å²) in [5.74, 6) is 0.459. The van der Waals surface area contributed by atoms with Gasteiger partial charge in [0.15, 0.2) is 0 Å². The zero-order valence-corrected chi connectivity index (χ0v) is 12.4. The second-order valence-electron chi connectivity index (χ2n) is 4.62. The predicted molar refractivity (Wildman–Crippen MR) is 77.7 cm³/mol. The van der Waals surface area contributed by atoms with Gasteiger partial charge in [0.1, 0.15) is 20.9 Å². The fourth-order valence-electron chi connectivity index (χ4n) is 2.20. The number of anilines is 1. The molecule has 5 nitrogen and oxygen atoms in total. The summed E-state index contributed by atoms with van der Waals surface area (Å²) in [6.07, 6.45) is 1.21. The van der Waals surface area contributed by atoms with Gasteiger partial charge in [-0.15, -0.1) is 0 Å². The van der Waals surface area contributed by atoms with E-state index in [1.165, 1.54) is 0 Å². The van der Waals surface area contributed by atoms with Gasteiger partial charge >= 0.3 is 0 Å². The molecule has 1 aliphatic heterocycles. The van der Waals surface area contributed by atoms with Crippen LogP contribution in [0.4, 0.5) is 5.69 Å². The maximum absolute atomic E-state index is 11.4. The van der Waals surface area contributed by atoms with Gasteiger partial charge in [-0.2, -0.15) is 8.75 Å². The molecule has 3 rings (SSSR count). The van der Waals surface area contributed by atoms with Crippen LogP contribution in [0.2, 0.25) is 5.02 Å². The number of rotatable bonds is 2. The van der Waals surface area contributed by atoms with E-state index in [0.717, 1.165) is 28.4 Å². The highest BCUT2D eigenvalue weighted by atomic mass is 35.5. The van der Waals surface area contributed by atoms with Gasteiger partial charge in [0.2, 0.25) is 0 Å². The summed E-state index contributed by atoms with van der Waals surface area (Å²) >= 11 is 7.33. The number of nitrogens with one attached hydrogen (secondary N) is 1. The minimum Gasteiger partial charge on any atom is -0.379 e. The fourth-order valence-corrected chi connectivity index (χ4v) is 4.44. The molecule has 0 atom stereocenters. The summed E-state index contributed by atoms with van der Waals surface area (Å²) in [5, 5.41) is 3.92. The maximum Gasteiger partial charge on any atom is 0.150 e. The number of sulfone groups is 1. The smallest absolute Gasteiger partial charge is 0.150 e. The first-order chi connectivity index (χ1) is 9.05. The summed E-state index contributed by atoms with van der Waals surface area (Å²) in [4.78, 5) is 0. The molecule has 1 aromatic heterocycles. The quantitative estimate of drug-likeness (QED) is 0.920. The minimum absolute atomic E-state index is 0.119. The molecule has 0 amide bonds. The van der Waals surface area contributed by atoms with E-state index in [0.29, 0.717) is 17.9 Å². The molecule has 1 N–H and O–H groups in total. The van der Waals surface area contributed by atoms with Crippen LogP contribution in [0.5, 0.6) is 0 Å². The summed E-state index contributed by atoms with van der Waals surface area (Å²) in [6.45, 7) is 0. The lowest BCUT2D eigenvalue weighted by molar-refractivity contribution is 0.560. The van der Waals surface area contributed by atoms with E-state index in [1.54, 1.807) is 6.07 Å². The van der Waals surface area contributed by atoms with Gasteiger partial charge in [0, 0.05) is 6.04 Å². The molecule has 2 heterocycles. The fraction of sp³-hybridized carbons (Fsp3) is 0.455.